The molecule has 0 radical (unpaired) electrons. The van der Waals surface area contributed by atoms with Crippen molar-refractivity contribution in [1.82, 2.24) is 15.1 Å². The van der Waals surface area contributed by atoms with Gasteiger partial charge in [-0.15, -0.1) is 0 Å². The first-order chi connectivity index (χ1) is 10.5. The van der Waals surface area contributed by atoms with Gasteiger partial charge in [-0.25, -0.2) is 0 Å². The normalized spacial score (nSPS) is 12.6. The summed E-state index contributed by atoms with van der Waals surface area (Å²) in [5.74, 6) is 0. The molecule has 0 spiro atoms. The molecule has 2 N–H and O–H groups in total. The average molecular weight is 322 g/mol. The third-order valence-corrected chi connectivity index (χ3v) is 4.22. The first-order valence-electron chi connectivity index (χ1n) is 7.62. The predicted octanol–water partition coefficient (Wildman–Crippen LogP) is 3.06. The van der Waals surface area contributed by atoms with E-state index in [4.69, 9.17) is 16.7 Å². The highest BCUT2D eigenvalue weighted by atomic mass is 35.5. The van der Waals surface area contributed by atoms with E-state index in [1.54, 1.807) is 0 Å². The van der Waals surface area contributed by atoms with Gasteiger partial charge in [0.15, 0.2) is 0 Å². The number of hydrogen-bond acceptors (Lipinski definition) is 3. The number of aliphatic hydroxyl groups is 1. The Hall–Kier alpha value is -1.36. The molecule has 0 aliphatic carbocycles. The van der Waals surface area contributed by atoms with Crippen LogP contribution in [0.2, 0.25) is 5.02 Å². The molecule has 2 rings (SSSR count). The van der Waals surface area contributed by atoms with Crippen LogP contribution in [0.3, 0.4) is 0 Å². The molecule has 1 heterocycles. The summed E-state index contributed by atoms with van der Waals surface area (Å²) < 4.78 is 2.03. The molecule has 120 valence electrons. The number of rotatable bonds is 7. The predicted molar refractivity (Wildman–Crippen MR) is 90.3 cm³/mol. The lowest BCUT2D eigenvalue weighted by molar-refractivity contribution is 0.268. The van der Waals surface area contributed by atoms with Crippen LogP contribution in [0.25, 0.3) is 0 Å². The number of aryl methyl sites for hydroxylation is 1. The van der Waals surface area contributed by atoms with Crippen molar-refractivity contribution in [3.05, 3.63) is 51.8 Å². The van der Waals surface area contributed by atoms with Crippen molar-refractivity contribution in [1.29, 1.82) is 0 Å². The van der Waals surface area contributed by atoms with Crippen LogP contribution in [0, 0.1) is 13.8 Å². The Morgan fingerprint density at radius 1 is 1.27 bits per heavy atom. The number of benzene rings is 1. The molecule has 1 atom stereocenters. The second-order valence-electron chi connectivity index (χ2n) is 5.73. The SMILES string of the molecule is Cc1nn(Cc2ccc(Cl)cc2)c(C)c1CN[C@H](C)CCO. The van der Waals surface area contributed by atoms with Crippen LogP contribution in [0.4, 0.5) is 0 Å². The molecule has 1 aromatic heterocycles. The Balaban J connectivity index is 2.07. The second-order valence-corrected chi connectivity index (χ2v) is 6.16. The van der Waals surface area contributed by atoms with Crippen LogP contribution in [0.15, 0.2) is 24.3 Å². The Kier molecular flexibility index (Phi) is 6.00. The maximum Gasteiger partial charge on any atom is 0.0662 e. The van der Waals surface area contributed by atoms with Gasteiger partial charge in [0.05, 0.1) is 12.2 Å². The monoisotopic (exact) mass is 321 g/mol. The Morgan fingerprint density at radius 3 is 2.59 bits per heavy atom. The number of hydrogen-bond donors (Lipinski definition) is 2. The van der Waals surface area contributed by atoms with E-state index in [1.165, 1.54) is 16.8 Å². The molecule has 0 amide bonds. The molecule has 0 saturated heterocycles. The van der Waals surface area contributed by atoms with E-state index in [1.807, 2.05) is 35.9 Å². The Bertz CT molecular complexity index is 607. The average Bonchev–Trinajstić information content (AvgIpc) is 2.74. The van der Waals surface area contributed by atoms with Crippen LogP contribution < -0.4 is 5.32 Å². The van der Waals surface area contributed by atoms with Gasteiger partial charge >= 0.3 is 0 Å². The van der Waals surface area contributed by atoms with Crippen LogP contribution >= 0.6 is 11.6 Å². The van der Waals surface area contributed by atoms with E-state index in [0.717, 1.165) is 30.2 Å². The second kappa shape index (κ2) is 7.77. The fourth-order valence-corrected chi connectivity index (χ4v) is 2.60. The maximum absolute atomic E-state index is 8.96. The topological polar surface area (TPSA) is 50.1 Å². The van der Waals surface area contributed by atoms with Gasteiger partial charge in [0.25, 0.3) is 0 Å². The largest absolute Gasteiger partial charge is 0.396 e. The Labute approximate surface area is 137 Å². The van der Waals surface area contributed by atoms with Gasteiger partial charge in [0.2, 0.25) is 0 Å². The molecule has 0 unspecified atom stereocenters. The summed E-state index contributed by atoms with van der Waals surface area (Å²) in [5.41, 5.74) is 4.65. The summed E-state index contributed by atoms with van der Waals surface area (Å²) >= 11 is 5.92. The van der Waals surface area contributed by atoms with Crippen molar-refractivity contribution in [3.63, 3.8) is 0 Å². The summed E-state index contributed by atoms with van der Waals surface area (Å²) in [5, 5.41) is 17.8. The fraction of sp³-hybridized carbons (Fsp3) is 0.471. The van der Waals surface area contributed by atoms with Crippen molar-refractivity contribution < 1.29 is 5.11 Å². The summed E-state index contributed by atoms with van der Waals surface area (Å²) in [6.07, 6.45) is 0.761. The van der Waals surface area contributed by atoms with E-state index < -0.39 is 0 Å². The number of aliphatic hydroxyl groups excluding tert-OH is 1. The van der Waals surface area contributed by atoms with Gasteiger partial charge in [-0.3, -0.25) is 4.68 Å². The van der Waals surface area contributed by atoms with Crippen molar-refractivity contribution in [2.75, 3.05) is 6.61 Å². The molecule has 4 nitrogen and oxygen atoms in total. The lowest BCUT2D eigenvalue weighted by atomic mass is 10.1. The van der Waals surface area contributed by atoms with Crippen molar-refractivity contribution >= 4 is 11.6 Å². The first kappa shape index (κ1) is 17.0. The van der Waals surface area contributed by atoms with Crippen LogP contribution in [0.1, 0.15) is 35.9 Å². The van der Waals surface area contributed by atoms with Crippen molar-refractivity contribution in [2.45, 2.75) is 46.3 Å². The zero-order valence-corrected chi connectivity index (χ0v) is 14.2. The van der Waals surface area contributed by atoms with Gasteiger partial charge in [0, 0.05) is 35.5 Å². The van der Waals surface area contributed by atoms with Crippen LogP contribution in [-0.4, -0.2) is 27.5 Å². The highest BCUT2D eigenvalue weighted by molar-refractivity contribution is 6.30. The summed E-state index contributed by atoms with van der Waals surface area (Å²) in [4.78, 5) is 0. The maximum atomic E-state index is 8.96. The number of nitrogens with zero attached hydrogens (tertiary/aromatic N) is 2. The van der Waals surface area contributed by atoms with Gasteiger partial charge in [-0.2, -0.15) is 5.10 Å². The third kappa shape index (κ3) is 4.32. The summed E-state index contributed by atoms with van der Waals surface area (Å²) in [6.45, 7) is 7.96. The molecule has 2 aromatic rings. The minimum atomic E-state index is 0.210. The van der Waals surface area contributed by atoms with E-state index >= 15 is 0 Å². The number of halogens is 1. The highest BCUT2D eigenvalue weighted by Crippen LogP contribution is 2.16. The quantitative estimate of drug-likeness (QED) is 0.824. The van der Waals surface area contributed by atoms with Crippen LogP contribution in [-0.2, 0) is 13.1 Å². The van der Waals surface area contributed by atoms with Gasteiger partial charge in [-0.1, -0.05) is 23.7 Å². The van der Waals surface area contributed by atoms with E-state index in [2.05, 4.69) is 24.3 Å². The van der Waals surface area contributed by atoms with Crippen molar-refractivity contribution in [3.8, 4) is 0 Å². The zero-order valence-electron chi connectivity index (χ0n) is 13.4. The molecule has 0 fully saturated rings. The highest BCUT2D eigenvalue weighted by Gasteiger charge is 2.12. The lowest BCUT2D eigenvalue weighted by Crippen LogP contribution is -2.26. The standard InChI is InChI=1S/C17H24ClN3O/c1-12(8-9-22)19-10-17-13(2)20-21(14(17)3)11-15-4-6-16(18)7-5-15/h4-7,12,19,22H,8-11H2,1-3H3/t12-/m1/s1. The summed E-state index contributed by atoms with van der Waals surface area (Å²) in [7, 11) is 0. The number of nitrogens with one attached hydrogen (secondary N) is 1. The van der Waals surface area contributed by atoms with E-state index in [0.29, 0.717) is 6.04 Å². The minimum absolute atomic E-state index is 0.210. The zero-order chi connectivity index (χ0) is 16.1. The van der Waals surface area contributed by atoms with Crippen LogP contribution in [0.5, 0.6) is 0 Å². The first-order valence-corrected chi connectivity index (χ1v) is 8.00. The van der Waals surface area contributed by atoms with Gasteiger partial charge in [-0.05, 0) is 44.9 Å². The summed E-state index contributed by atoms with van der Waals surface area (Å²) in [6, 6.07) is 8.16. The fourth-order valence-electron chi connectivity index (χ4n) is 2.48. The van der Waals surface area contributed by atoms with Gasteiger partial charge in [0.1, 0.15) is 0 Å². The molecular weight excluding hydrogens is 298 g/mol. The lowest BCUT2D eigenvalue weighted by Gasteiger charge is -2.12. The molecule has 0 aliphatic heterocycles. The molecule has 1 aromatic carbocycles. The molecule has 0 saturated carbocycles. The molecular formula is C17H24ClN3O. The molecule has 0 aliphatic rings. The van der Waals surface area contributed by atoms with Crippen molar-refractivity contribution in [2.24, 2.45) is 0 Å². The third-order valence-electron chi connectivity index (χ3n) is 3.97. The molecule has 22 heavy (non-hydrogen) atoms. The van der Waals surface area contributed by atoms with E-state index in [-0.39, 0.29) is 6.61 Å². The van der Waals surface area contributed by atoms with E-state index in [9.17, 15) is 0 Å². The smallest absolute Gasteiger partial charge is 0.0662 e. The van der Waals surface area contributed by atoms with Gasteiger partial charge < -0.3 is 10.4 Å². The molecule has 5 heteroatoms. The number of aromatic nitrogens is 2. The Morgan fingerprint density at radius 2 is 1.95 bits per heavy atom. The minimum Gasteiger partial charge on any atom is -0.396 e. The molecule has 0 bridgehead atoms.